The van der Waals surface area contributed by atoms with Crippen molar-refractivity contribution in [1.82, 2.24) is 5.32 Å². The molecule has 1 rings (SSSR count). The standard InChI is InChI=1S/C15H24N2O/c1-5-12-7-9-13(10-8-12)11(3)17-14(18)15(4,16)6-2/h7-11H,5-6,16H2,1-4H3,(H,17,18). The summed E-state index contributed by atoms with van der Waals surface area (Å²) in [6.45, 7) is 7.78. The van der Waals surface area contributed by atoms with Crippen LogP contribution < -0.4 is 11.1 Å². The van der Waals surface area contributed by atoms with Crippen LogP contribution in [0.3, 0.4) is 0 Å². The van der Waals surface area contributed by atoms with Crippen LogP contribution in [0.2, 0.25) is 0 Å². The molecule has 3 N–H and O–H groups in total. The van der Waals surface area contributed by atoms with Crippen LogP contribution in [0, 0.1) is 0 Å². The first-order valence-corrected chi connectivity index (χ1v) is 6.59. The molecule has 2 unspecified atom stereocenters. The van der Waals surface area contributed by atoms with Crippen LogP contribution in [0.4, 0.5) is 0 Å². The summed E-state index contributed by atoms with van der Waals surface area (Å²) in [5.41, 5.74) is 7.53. The van der Waals surface area contributed by atoms with Gasteiger partial charge in [-0.1, -0.05) is 38.1 Å². The molecule has 0 aliphatic carbocycles. The Morgan fingerprint density at radius 2 is 1.89 bits per heavy atom. The van der Waals surface area contributed by atoms with E-state index in [1.54, 1.807) is 6.92 Å². The maximum atomic E-state index is 12.0. The van der Waals surface area contributed by atoms with E-state index in [4.69, 9.17) is 5.73 Å². The average molecular weight is 248 g/mol. The molecule has 18 heavy (non-hydrogen) atoms. The second-order valence-corrected chi connectivity index (χ2v) is 5.06. The van der Waals surface area contributed by atoms with E-state index in [2.05, 4.69) is 36.5 Å². The quantitative estimate of drug-likeness (QED) is 0.841. The molecule has 0 spiro atoms. The number of aryl methyl sites for hydroxylation is 1. The number of benzene rings is 1. The van der Waals surface area contributed by atoms with Crippen molar-refractivity contribution in [3.8, 4) is 0 Å². The molecule has 0 aliphatic rings. The topological polar surface area (TPSA) is 55.1 Å². The first kappa shape index (κ1) is 14.7. The predicted octanol–water partition coefficient (Wildman–Crippen LogP) is 2.55. The van der Waals surface area contributed by atoms with E-state index in [-0.39, 0.29) is 11.9 Å². The summed E-state index contributed by atoms with van der Waals surface area (Å²) >= 11 is 0. The number of nitrogens with one attached hydrogen (secondary N) is 1. The molecule has 0 aromatic heterocycles. The van der Waals surface area contributed by atoms with Gasteiger partial charge in [-0.25, -0.2) is 0 Å². The van der Waals surface area contributed by atoms with Gasteiger partial charge in [-0.15, -0.1) is 0 Å². The largest absolute Gasteiger partial charge is 0.348 e. The Balaban J connectivity index is 2.70. The third kappa shape index (κ3) is 3.57. The maximum absolute atomic E-state index is 12.0. The minimum atomic E-state index is -0.794. The van der Waals surface area contributed by atoms with E-state index in [0.29, 0.717) is 6.42 Å². The molecular formula is C15H24N2O. The highest BCUT2D eigenvalue weighted by Gasteiger charge is 2.27. The van der Waals surface area contributed by atoms with Gasteiger partial charge in [0, 0.05) is 0 Å². The lowest BCUT2D eigenvalue weighted by Gasteiger charge is -2.24. The molecule has 1 amide bonds. The zero-order valence-electron chi connectivity index (χ0n) is 11.8. The van der Waals surface area contributed by atoms with E-state index < -0.39 is 5.54 Å². The van der Waals surface area contributed by atoms with E-state index in [1.807, 2.05) is 13.8 Å². The Labute approximate surface area is 110 Å². The van der Waals surface area contributed by atoms with Crippen molar-refractivity contribution < 1.29 is 4.79 Å². The molecular weight excluding hydrogens is 224 g/mol. The third-order valence-corrected chi connectivity index (χ3v) is 3.49. The summed E-state index contributed by atoms with van der Waals surface area (Å²) in [5.74, 6) is -0.0999. The summed E-state index contributed by atoms with van der Waals surface area (Å²) in [6, 6.07) is 8.30. The average Bonchev–Trinajstić information content (AvgIpc) is 2.38. The van der Waals surface area contributed by atoms with Gasteiger partial charge in [0.25, 0.3) is 0 Å². The third-order valence-electron chi connectivity index (χ3n) is 3.49. The van der Waals surface area contributed by atoms with Gasteiger partial charge in [0.2, 0.25) is 5.91 Å². The highest BCUT2D eigenvalue weighted by Crippen LogP contribution is 2.15. The van der Waals surface area contributed by atoms with Crippen LogP contribution in [0.1, 0.15) is 51.3 Å². The summed E-state index contributed by atoms with van der Waals surface area (Å²) < 4.78 is 0. The lowest BCUT2D eigenvalue weighted by molar-refractivity contribution is -0.126. The molecule has 0 radical (unpaired) electrons. The molecule has 0 fully saturated rings. The summed E-state index contributed by atoms with van der Waals surface area (Å²) in [5, 5.41) is 2.96. The number of hydrogen-bond acceptors (Lipinski definition) is 2. The van der Waals surface area contributed by atoms with Crippen molar-refractivity contribution in [3.63, 3.8) is 0 Å². The molecule has 3 nitrogen and oxygen atoms in total. The zero-order valence-corrected chi connectivity index (χ0v) is 11.8. The minimum Gasteiger partial charge on any atom is -0.348 e. The van der Waals surface area contributed by atoms with Crippen molar-refractivity contribution in [1.29, 1.82) is 0 Å². The lowest BCUT2D eigenvalue weighted by atomic mass is 9.98. The van der Waals surface area contributed by atoms with Crippen LogP contribution in [-0.2, 0) is 11.2 Å². The highest BCUT2D eigenvalue weighted by atomic mass is 16.2. The van der Waals surface area contributed by atoms with Gasteiger partial charge >= 0.3 is 0 Å². The predicted molar refractivity (Wildman–Crippen MR) is 75.3 cm³/mol. The second-order valence-electron chi connectivity index (χ2n) is 5.06. The van der Waals surface area contributed by atoms with E-state index in [9.17, 15) is 4.79 Å². The molecule has 0 saturated carbocycles. The number of hydrogen-bond donors (Lipinski definition) is 2. The van der Waals surface area contributed by atoms with E-state index >= 15 is 0 Å². The number of amides is 1. The molecule has 0 aliphatic heterocycles. The van der Waals surface area contributed by atoms with E-state index in [1.165, 1.54) is 5.56 Å². The molecule has 0 saturated heterocycles. The van der Waals surface area contributed by atoms with Gasteiger partial charge in [-0.3, -0.25) is 4.79 Å². The first-order valence-electron chi connectivity index (χ1n) is 6.59. The van der Waals surface area contributed by atoms with Crippen molar-refractivity contribution in [3.05, 3.63) is 35.4 Å². The molecule has 3 heteroatoms. The summed E-state index contributed by atoms with van der Waals surface area (Å²) in [7, 11) is 0. The van der Waals surface area contributed by atoms with Crippen LogP contribution in [0.25, 0.3) is 0 Å². The van der Waals surface area contributed by atoms with Gasteiger partial charge in [0.15, 0.2) is 0 Å². The minimum absolute atomic E-state index is 0.0159. The van der Waals surface area contributed by atoms with Crippen molar-refractivity contribution in [2.45, 2.75) is 52.1 Å². The molecule has 0 bridgehead atoms. The molecule has 1 aromatic carbocycles. The summed E-state index contributed by atoms with van der Waals surface area (Å²) in [6.07, 6.45) is 1.65. The lowest BCUT2D eigenvalue weighted by Crippen LogP contribution is -2.51. The molecule has 0 heterocycles. The van der Waals surface area contributed by atoms with Crippen molar-refractivity contribution >= 4 is 5.91 Å². The first-order chi connectivity index (χ1) is 8.40. The van der Waals surface area contributed by atoms with Gasteiger partial charge in [0.05, 0.1) is 11.6 Å². The normalized spacial score (nSPS) is 15.8. The van der Waals surface area contributed by atoms with Crippen LogP contribution in [0.5, 0.6) is 0 Å². The molecule has 100 valence electrons. The van der Waals surface area contributed by atoms with Crippen LogP contribution >= 0.6 is 0 Å². The summed E-state index contributed by atoms with van der Waals surface area (Å²) in [4.78, 5) is 12.0. The van der Waals surface area contributed by atoms with Crippen LogP contribution in [-0.4, -0.2) is 11.4 Å². The fourth-order valence-electron chi connectivity index (χ4n) is 1.65. The zero-order chi connectivity index (χ0) is 13.8. The maximum Gasteiger partial charge on any atom is 0.240 e. The Kier molecular flexibility index (Phi) is 4.91. The fraction of sp³-hybridized carbons (Fsp3) is 0.533. The van der Waals surface area contributed by atoms with Crippen LogP contribution in [0.15, 0.2) is 24.3 Å². The molecule has 1 aromatic rings. The van der Waals surface area contributed by atoms with Gasteiger partial charge < -0.3 is 11.1 Å². The Hall–Kier alpha value is -1.35. The number of rotatable bonds is 5. The number of carbonyl (C=O) groups excluding carboxylic acids is 1. The Morgan fingerprint density at radius 1 is 1.33 bits per heavy atom. The van der Waals surface area contributed by atoms with Gasteiger partial charge in [-0.05, 0) is 37.8 Å². The highest BCUT2D eigenvalue weighted by molar-refractivity contribution is 5.85. The Morgan fingerprint density at radius 3 is 2.33 bits per heavy atom. The SMILES string of the molecule is CCc1ccc(C(C)NC(=O)C(C)(N)CC)cc1. The monoisotopic (exact) mass is 248 g/mol. The fourth-order valence-corrected chi connectivity index (χ4v) is 1.65. The van der Waals surface area contributed by atoms with Gasteiger partial charge in [0.1, 0.15) is 0 Å². The molecule has 2 atom stereocenters. The second kappa shape index (κ2) is 6.01. The van der Waals surface area contributed by atoms with E-state index in [0.717, 1.165) is 12.0 Å². The number of nitrogens with two attached hydrogens (primary N) is 1. The Bertz CT molecular complexity index is 395. The number of carbonyl (C=O) groups is 1. The van der Waals surface area contributed by atoms with Gasteiger partial charge in [-0.2, -0.15) is 0 Å². The van der Waals surface area contributed by atoms with Crippen molar-refractivity contribution in [2.24, 2.45) is 5.73 Å². The van der Waals surface area contributed by atoms with Crippen molar-refractivity contribution in [2.75, 3.05) is 0 Å². The smallest absolute Gasteiger partial charge is 0.240 e.